The Kier molecular flexibility index (Phi) is 2.65. The van der Waals surface area contributed by atoms with Crippen molar-refractivity contribution in [3.8, 4) is 0 Å². The Morgan fingerprint density at radius 2 is 1.85 bits per heavy atom. The topological polar surface area (TPSA) is 26.0 Å². The van der Waals surface area contributed by atoms with E-state index in [-0.39, 0.29) is 5.41 Å². The van der Waals surface area contributed by atoms with E-state index in [0.29, 0.717) is 0 Å². The van der Waals surface area contributed by atoms with Crippen molar-refractivity contribution in [3.63, 3.8) is 0 Å². The Morgan fingerprint density at radius 3 is 2.31 bits per heavy atom. The van der Waals surface area contributed by atoms with Crippen molar-refractivity contribution >= 4 is 5.69 Å². The third kappa shape index (κ3) is 2.24. The summed E-state index contributed by atoms with van der Waals surface area (Å²) in [5.41, 5.74) is 9.60. The summed E-state index contributed by atoms with van der Waals surface area (Å²) in [7, 11) is 0. The third-order valence-corrected chi connectivity index (χ3v) is 2.33. The fourth-order valence-corrected chi connectivity index (χ4v) is 1.47. The van der Waals surface area contributed by atoms with Crippen molar-refractivity contribution in [1.29, 1.82) is 0 Å². The molecule has 0 unspecified atom stereocenters. The average molecular weight is 177 g/mol. The number of nitrogens with two attached hydrogens (primary N) is 1. The molecule has 13 heavy (non-hydrogen) atoms. The van der Waals surface area contributed by atoms with Crippen LogP contribution in [0.15, 0.2) is 18.2 Å². The van der Waals surface area contributed by atoms with Crippen molar-refractivity contribution in [3.05, 3.63) is 29.3 Å². The second-order valence-corrected chi connectivity index (χ2v) is 4.53. The van der Waals surface area contributed by atoms with Gasteiger partial charge in [0.15, 0.2) is 0 Å². The van der Waals surface area contributed by atoms with Gasteiger partial charge < -0.3 is 5.73 Å². The number of aryl methyl sites for hydroxylation is 1. The molecule has 0 aromatic heterocycles. The fraction of sp³-hybridized carbons (Fsp3) is 0.500. The van der Waals surface area contributed by atoms with E-state index in [0.717, 1.165) is 12.1 Å². The Labute approximate surface area is 81.0 Å². The van der Waals surface area contributed by atoms with Gasteiger partial charge in [-0.3, -0.25) is 0 Å². The van der Waals surface area contributed by atoms with E-state index in [2.05, 4.69) is 39.8 Å². The number of rotatable bonds is 1. The molecule has 1 heteroatoms. The molecule has 0 amide bonds. The summed E-state index contributed by atoms with van der Waals surface area (Å²) in [5.74, 6) is 0. The highest BCUT2D eigenvalue weighted by Gasteiger charge is 2.16. The fourth-order valence-electron chi connectivity index (χ4n) is 1.47. The van der Waals surface area contributed by atoms with Crippen LogP contribution in [0, 0.1) is 0 Å². The molecule has 1 aromatic rings. The molecule has 1 rings (SSSR count). The van der Waals surface area contributed by atoms with Crippen LogP contribution in [0.25, 0.3) is 0 Å². The van der Waals surface area contributed by atoms with Gasteiger partial charge in [0, 0.05) is 5.69 Å². The van der Waals surface area contributed by atoms with Crippen LogP contribution in [0.4, 0.5) is 5.69 Å². The van der Waals surface area contributed by atoms with Crippen molar-refractivity contribution in [1.82, 2.24) is 0 Å². The number of benzene rings is 1. The van der Waals surface area contributed by atoms with Gasteiger partial charge in [0.05, 0.1) is 0 Å². The second kappa shape index (κ2) is 3.41. The van der Waals surface area contributed by atoms with Gasteiger partial charge in [-0.05, 0) is 29.0 Å². The Bertz CT molecular complexity index is 294. The quantitative estimate of drug-likeness (QED) is 0.655. The monoisotopic (exact) mass is 177 g/mol. The third-order valence-electron chi connectivity index (χ3n) is 2.33. The first-order valence-corrected chi connectivity index (χ1v) is 4.84. The van der Waals surface area contributed by atoms with Gasteiger partial charge in [0.1, 0.15) is 0 Å². The van der Waals surface area contributed by atoms with Crippen LogP contribution in [0.5, 0.6) is 0 Å². The van der Waals surface area contributed by atoms with Crippen LogP contribution in [-0.4, -0.2) is 0 Å². The number of anilines is 1. The Morgan fingerprint density at radius 1 is 1.23 bits per heavy atom. The van der Waals surface area contributed by atoms with Gasteiger partial charge in [-0.25, -0.2) is 0 Å². The highest BCUT2D eigenvalue weighted by molar-refractivity contribution is 5.51. The Hall–Kier alpha value is -0.980. The number of hydrogen-bond acceptors (Lipinski definition) is 1. The minimum atomic E-state index is 0.148. The maximum Gasteiger partial charge on any atom is 0.0352 e. The van der Waals surface area contributed by atoms with E-state index >= 15 is 0 Å². The van der Waals surface area contributed by atoms with Crippen LogP contribution >= 0.6 is 0 Å². The number of hydrogen-bond donors (Lipinski definition) is 1. The van der Waals surface area contributed by atoms with Gasteiger partial charge in [0.2, 0.25) is 0 Å². The summed E-state index contributed by atoms with van der Waals surface area (Å²) in [4.78, 5) is 0. The summed E-state index contributed by atoms with van der Waals surface area (Å²) in [6.07, 6.45) is 1.07. The molecule has 1 nitrogen and oxygen atoms in total. The van der Waals surface area contributed by atoms with Gasteiger partial charge in [0.25, 0.3) is 0 Å². The zero-order chi connectivity index (χ0) is 10.1. The molecule has 0 aliphatic carbocycles. The largest absolute Gasteiger partial charge is 0.398 e. The van der Waals surface area contributed by atoms with E-state index in [9.17, 15) is 0 Å². The predicted octanol–water partition coefficient (Wildman–Crippen LogP) is 3.13. The zero-order valence-electron chi connectivity index (χ0n) is 9.02. The molecule has 0 saturated heterocycles. The minimum Gasteiger partial charge on any atom is -0.398 e. The maximum atomic E-state index is 5.93. The first-order chi connectivity index (χ1) is 5.95. The predicted molar refractivity (Wildman–Crippen MR) is 58.9 cm³/mol. The highest BCUT2D eigenvalue weighted by Crippen LogP contribution is 2.28. The molecular formula is C12H19N. The molecule has 0 aliphatic heterocycles. The lowest BCUT2D eigenvalue weighted by atomic mass is 9.85. The van der Waals surface area contributed by atoms with E-state index in [4.69, 9.17) is 5.73 Å². The molecule has 0 spiro atoms. The van der Waals surface area contributed by atoms with Crippen molar-refractivity contribution < 1.29 is 0 Å². The summed E-state index contributed by atoms with van der Waals surface area (Å²) < 4.78 is 0. The second-order valence-electron chi connectivity index (χ2n) is 4.53. The summed E-state index contributed by atoms with van der Waals surface area (Å²) in [5, 5.41) is 0. The smallest absolute Gasteiger partial charge is 0.0352 e. The lowest BCUT2D eigenvalue weighted by Gasteiger charge is -2.21. The zero-order valence-corrected chi connectivity index (χ0v) is 9.02. The van der Waals surface area contributed by atoms with E-state index in [1.807, 2.05) is 6.07 Å². The minimum absolute atomic E-state index is 0.148. The summed E-state index contributed by atoms with van der Waals surface area (Å²) in [6, 6.07) is 6.33. The molecule has 0 saturated carbocycles. The molecule has 0 aliphatic rings. The summed E-state index contributed by atoms with van der Waals surface area (Å²) in [6.45, 7) is 8.74. The average Bonchev–Trinajstić information content (AvgIpc) is 2.03. The summed E-state index contributed by atoms with van der Waals surface area (Å²) >= 11 is 0. The normalized spacial score (nSPS) is 11.7. The molecule has 0 fully saturated rings. The maximum absolute atomic E-state index is 5.93. The van der Waals surface area contributed by atoms with Crippen LogP contribution in [-0.2, 0) is 11.8 Å². The van der Waals surface area contributed by atoms with Crippen molar-refractivity contribution in [2.75, 3.05) is 5.73 Å². The van der Waals surface area contributed by atoms with E-state index < -0.39 is 0 Å². The van der Waals surface area contributed by atoms with Crippen LogP contribution in [0.1, 0.15) is 38.8 Å². The van der Waals surface area contributed by atoms with E-state index in [1.54, 1.807) is 0 Å². The van der Waals surface area contributed by atoms with Crippen LogP contribution in [0.3, 0.4) is 0 Å². The first-order valence-electron chi connectivity index (χ1n) is 4.84. The van der Waals surface area contributed by atoms with Crippen molar-refractivity contribution in [2.45, 2.75) is 39.5 Å². The standard InChI is InChI=1S/C12H19N/c1-5-9-6-7-11(13)10(8-9)12(2,3)4/h6-8H,5,13H2,1-4H3. The van der Waals surface area contributed by atoms with Crippen LogP contribution < -0.4 is 5.73 Å². The highest BCUT2D eigenvalue weighted by atomic mass is 14.6. The molecular weight excluding hydrogens is 158 g/mol. The van der Waals surface area contributed by atoms with E-state index in [1.165, 1.54) is 11.1 Å². The van der Waals surface area contributed by atoms with Crippen LogP contribution in [0.2, 0.25) is 0 Å². The van der Waals surface area contributed by atoms with Gasteiger partial charge in [-0.15, -0.1) is 0 Å². The molecule has 2 N–H and O–H groups in total. The molecule has 0 heterocycles. The first kappa shape index (κ1) is 10.1. The lowest BCUT2D eigenvalue weighted by Crippen LogP contribution is -2.14. The number of nitrogen functional groups attached to an aromatic ring is 1. The molecule has 0 radical (unpaired) electrons. The molecule has 1 aromatic carbocycles. The van der Waals surface area contributed by atoms with Crippen molar-refractivity contribution in [2.24, 2.45) is 0 Å². The molecule has 0 atom stereocenters. The van der Waals surface area contributed by atoms with Gasteiger partial charge in [-0.1, -0.05) is 39.8 Å². The molecule has 0 bridgehead atoms. The van der Waals surface area contributed by atoms with Gasteiger partial charge in [-0.2, -0.15) is 0 Å². The lowest BCUT2D eigenvalue weighted by molar-refractivity contribution is 0.592. The Balaban J connectivity index is 3.19. The molecule has 72 valence electrons. The SMILES string of the molecule is CCc1ccc(N)c(C(C)(C)C)c1. The van der Waals surface area contributed by atoms with Gasteiger partial charge >= 0.3 is 0 Å².